The summed E-state index contributed by atoms with van der Waals surface area (Å²) in [5, 5.41) is 5.89. The van der Waals surface area contributed by atoms with E-state index in [9.17, 15) is 14.4 Å². The molecule has 0 aromatic carbocycles. The minimum atomic E-state index is -0.483. The van der Waals surface area contributed by atoms with Crippen LogP contribution in [0.2, 0.25) is 0 Å². The molecule has 0 aromatic heterocycles. The van der Waals surface area contributed by atoms with Gasteiger partial charge in [0.05, 0.1) is 12.5 Å². The van der Waals surface area contributed by atoms with Crippen LogP contribution in [-0.4, -0.2) is 47.3 Å². The topological polar surface area (TPSA) is 78.5 Å². The normalized spacial score (nSPS) is 21.5. The molecule has 3 atom stereocenters. The van der Waals surface area contributed by atoms with Crippen molar-refractivity contribution in [3.63, 3.8) is 0 Å². The number of nitrogens with zero attached hydrogens (tertiary/aromatic N) is 1. The molecule has 0 spiro atoms. The Balaban J connectivity index is 2.38. The number of carbonyl (C=O) groups excluding carboxylic acids is 3. The molecule has 1 aliphatic rings. The summed E-state index contributed by atoms with van der Waals surface area (Å²) in [5.74, 6) is -0.333. The fourth-order valence-electron chi connectivity index (χ4n) is 2.27. The lowest BCUT2D eigenvalue weighted by Crippen LogP contribution is -2.43. The van der Waals surface area contributed by atoms with Crippen LogP contribution in [0.5, 0.6) is 0 Å². The highest BCUT2D eigenvalue weighted by Gasteiger charge is 2.40. The summed E-state index contributed by atoms with van der Waals surface area (Å²) >= 11 is 0. The Morgan fingerprint density at radius 2 is 1.95 bits per heavy atom. The molecule has 3 unspecified atom stereocenters. The van der Waals surface area contributed by atoms with Gasteiger partial charge >= 0.3 is 0 Å². The van der Waals surface area contributed by atoms with Crippen LogP contribution >= 0.6 is 0 Å². The lowest BCUT2D eigenvalue weighted by atomic mass is 10.2. The summed E-state index contributed by atoms with van der Waals surface area (Å²) in [6, 6.07) is -0.388. The van der Waals surface area contributed by atoms with Gasteiger partial charge in [-0.2, -0.15) is 0 Å². The Morgan fingerprint density at radius 3 is 2.52 bits per heavy atom. The summed E-state index contributed by atoms with van der Waals surface area (Å²) < 4.78 is 0. The zero-order chi connectivity index (χ0) is 16.0. The number of amides is 3. The maximum absolute atomic E-state index is 12.2. The molecule has 1 rings (SSSR count). The third kappa shape index (κ3) is 4.81. The van der Waals surface area contributed by atoms with E-state index in [1.165, 1.54) is 4.90 Å². The van der Waals surface area contributed by atoms with Gasteiger partial charge < -0.3 is 10.6 Å². The predicted octanol–water partition coefficient (Wildman–Crippen LogP) is 0.807. The molecule has 6 heteroatoms. The molecule has 0 saturated carbocycles. The standard InChI is InChI=1S/C15H27N3O3/c1-5-10(3)17-13(19)7-8-16-12-9-14(20)18(15(12)21)11(4)6-2/h10-12,16H,5-9H2,1-4H3,(H,17,19). The molecule has 1 saturated heterocycles. The largest absolute Gasteiger partial charge is 0.354 e. The van der Waals surface area contributed by atoms with Gasteiger partial charge in [-0.05, 0) is 26.7 Å². The Labute approximate surface area is 126 Å². The summed E-state index contributed by atoms with van der Waals surface area (Å²) in [6.07, 6.45) is 2.14. The van der Waals surface area contributed by atoms with Crippen molar-refractivity contribution in [2.45, 2.75) is 71.5 Å². The van der Waals surface area contributed by atoms with Crippen molar-refractivity contribution in [2.24, 2.45) is 0 Å². The van der Waals surface area contributed by atoms with Crippen LogP contribution in [0.25, 0.3) is 0 Å². The number of carbonyl (C=O) groups is 3. The first-order chi connectivity index (χ1) is 9.90. The van der Waals surface area contributed by atoms with E-state index in [0.29, 0.717) is 13.0 Å². The second-order valence-electron chi connectivity index (χ2n) is 5.70. The molecule has 2 N–H and O–H groups in total. The summed E-state index contributed by atoms with van der Waals surface area (Å²) in [7, 11) is 0. The highest BCUT2D eigenvalue weighted by molar-refractivity contribution is 6.05. The maximum atomic E-state index is 12.2. The molecule has 21 heavy (non-hydrogen) atoms. The Morgan fingerprint density at radius 1 is 1.29 bits per heavy atom. The SMILES string of the molecule is CCC(C)NC(=O)CCNC1CC(=O)N(C(C)CC)C1=O. The van der Waals surface area contributed by atoms with Crippen molar-refractivity contribution < 1.29 is 14.4 Å². The van der Waals surface area contributed by atoms with Crippen molar-refractivity contribution in [3.05, 3.63) is 0 Å². The summed E-state index contributed by atoms with van der Waals surface area (Å²) in [6.45, 7) is 8.19. The predicted molar refractivity (Wildman–Crippen MR) is 80.5 cm³/mol. The third-order valence-corrected chi connectivity index (χ3v) is 3.98. The minimum Gasteiger partial charge on any atom is -0.354 e. The molecule has 120 valence electrons. The van der Waals surface area contributed by atoms with Crippen LogP contribution in [0.15, 0.2) is 0 Å². The lowest BCUT2D eigenvalue weighted by Gasteiger charge is -2.21. The third-order valence-electron chi connectivity index (χ3n) is 3.98. The highest BCUT2D eigenvalue weighted by atomic mass is 16.2. The zero-order valence-corrected chi connectivity index (χ0v) is 13.4. The first-order valence-corrected chi connectivity index (χ1v) is 7.79. The number of imide groups is 1. The Kier molecular flexibility index (Phi) is 6.81. The van der Waals surface area contributed by atoms with Crippen LogP contribution in [0.1, 0.15) is 53.4 Å². The first-order valence-electron chi connectivity index (χ1n) is 7.79. The smallest absolute Gasteiger partial charge is 0.247 e. The quantitative estimate of drug-likeness (QED) is 0.650. The van der Waals surface area contributed by atoms with Gasteiger partial charge in [0.2, 0.25) is 17.7 Å². The van der Waals surface area contributed by atoms with E-state index >= 15 is 0 Å². The van der Waals surface area contributed by atoms with Gasteiger partial charge in [0.15, 0.2) is 0 Å². The van der Waals surface area contributed by atoms with Crippen molar-refractivity contribution >= 4 is 17.7 Å². The monoisotopic (exact) mass is 297 g/mol. The van der Waals surface area contributed by atoms with Gasteiger partial charge in [-0.1, -0.05) is 13.8 Å². The second-order valence-corrected chi connectivity index (χ2v) is 5.70. The minimum absolute atomic E-state index is 0.0348. The number of hydrogen-bond acceptors (Lipinski definition) is 4. The number of hydrogen-bond donors (Lipinski definition) is 2. The highest BCUT2D eigenvalue weighted by Crippen LogP contribution is 2.17. The molecule has 0 radical (unpaired) electrons. The van der Waals surface area contributed by atoms with Crippen LogP contribution in [0.4, 0.5) is 0 Å². The van der Waals surface area contributed by atoms with E-state index in [4.69, 9.17) is 0 Å². The summed E-state index contributed by atoms with van der Waals surface area (Å²) in [5.41, 5.74) is 0. The summed E-state index contributed by atoms with van der Waals surface area (Å²) in [4.78, 5) is 37.0. The van der Waals surface area contributed by atoms with Gasteiger partial charge in [0.25, 0.3) is 0 Å². The second kappa shape index (κ2) is 8.12. The van der Waals surface area contributed by atoms with Gasteiger partial charge in [-0.25, -0.2) is 0 Å². The van der Waals surface area contributed by atoms with E-state index in [1.807, 2.05) is 27.7 Å². The lowest BCUT2D eigenvalue weighted by molar-refractivity contribution is -0.141. The average molecular weight is 297 g/mol. The number of rotatable bonds is 8. The molecule has 6 nitrogen and oxygen atoms in total. The number of nitrogens with one attached hydrogen (secondary N) is 2. The van der Waals surface area contributed by atoms with Gasteiger partial charge in [-0.3, -0.25) is 19.3 Å². The van der Waals surface area contributed by atoms with Crippen LogP contribution in [0, 0.1) is 0 Å². The molecule has 1 heterocycles. The Bertz CT molecular complexity index is 398. The van der Waals surface area contributed by atoms with Gasteiger partial charge in [0, 0.05) is 25.0 Å². The van der Waals surface area contributed by atoms with Gasteiger partial charge in [-0.15, -0.1) is 0 Å². The van der Waals surface area contributed by atoms with E-state index in [1.54, 1.807) is 0 Å². The van der Waals surface area contributed by atoms with E-state index in [2.05, 4.69) is 10.6 Å². The fourth-order valence-corrected chi connectivity index (χ4v) is 2.27. The van der Waals surface area contributed by atoms with E-state index < -0.39 is 6.04 Å². The van der Waals surface area contributed by atoms with Crippen LogP contribution in [0.3, 0.4) is 0 Å². The molecule has 0 aromatic rings. The van der Waals surface area contributed by atoms with Crippen LogP contribution in [-0.2, 0) is 14.4 Å². The van der Waals surface area contributed by atoms with Gasteiger partial charge in [0.1, 0.15) is 0 Å². The van der Waals surface area contributed by atoms with Crippen LogP contribution < -0.4 is 10.6 Å². The zero-order valence-electron chi connectivity index (χ0n) is 13.4. The first kappa shape index (κ1) is 17.6. The fraction of sp³-hybridized carbons (Fsp3) is 0.800. The van der Waals surface area contributed by atoms with E-state index in [0.717, 1.165) is 12.8 Å². The number of likely N-dealkylation sites (tertiary alicyclic amines) is 1. The van der Waals surface area contributed by atoms with Crippen molar-refractivity contribution in [1.82, 2.24) is 15.5 Å². The Hall–Kier alpha value is -1.43. The van der Waals surface area contributed by atoms with E-state index in [-0.39, 0.29) is 36.2 Å². The average Bonchev–Trinajstić information content (AvgIpc) is 2.72. The van der Waals surface area contributed by atoms with Crippen molar-refractivity contribution in [2.75, 3.05) is 6.54 Å². The molecule has 0 bridgehead atoms. The molecule has 0 aliphatic carbocycles. The maximum Gasteiger partial charge on any atom is 0.247 e. The van der Waals surface area contributed by atoms with Crippen molar-refractivity contribution in [3.8, 4) is 0 Å². The van der Waals surface area contributed by atoms with Crippen molar-refractivity contribution in [1.29, 1.82) is 0 Å². The molecular weight excluding hydrogens is 270 g/mol. The molecule has 3 amide bonds. The molecule has 1 aliphatic heterocycles. The molecule has 1 fully saturated rings. The molecular formula is C15H27N3O3.